The van der Waals surface area contributed by atoms with Gasteiger partial charge in [-0.25, -0.2) is 4.79 Å². The molecule has 0 saturated heterocycles. The summed E-state index contributed by atoms with van der Waals surface area (Å²) in [7, 11) is 0. The highest BCUT2D eigenvalue weighted by Gasteiger charge is 2.11. The third kappa shape index (κ3) is 4.41. The maximum Gasteiger partial charge on any atom is 0.319 e. The van der Waals surface area contributed by atoms with Crippen LogP contribution in [0.3, 0.4) is 0 Å². The number of rotatable bonds is 4. The van der Waals surface area contributed by atoms with Gasteiger partial charge in [0.05, 0.1) is 11.6 Å². The van der Waals surface area contributed by atoms with Crippen molar-refractivity contribution in [2.24, 2.45) is 0 Å². The van der Waals surface area contributed by atoms with E-state index < -0.39 is 0 Å². The van der Waals surface area contributed by atoms with Crippen molar-refractivity contribution in [3.63, 3.8) is 0 Å². The molecule has 2 amide bonds. The first kappa shape index (κ1) is 18.6. The first-order valence-electron chi connectivity index (χ1n) is 9.54. The second kappa shape index (κ2) is 8.10. The molecule has 0 radical (unpaired) electrons. The molecule has 5 heteroatoms. The molecule has 2 heterocycles. The van der Waals surface area contributed by atoms with Gasteiger partial charge in [-0.1, -0.05) is 30.3 Å². The zero-order chi connectivity index (χ0) is 20.2. The highest BCUT2D eigenvalue weighted by Crippen LogP contribution is 2.22. The first-order chi connectivity index (χ1) is 14.1. The van der Waals surface area contributed by atoms with Gasteiger partial charge in [0.25, 0.3) is 0 Å². The molecule has 0 saturated carbocycles. The van der Waals surface area contributed by atoms with Crippen molar-refractivity contribution in [1.82, 2.24) is 15.3 Å². The monoisotopic (exact) mass is 382 g/mol. The normalized spacial score (nSPS) is 11.8. The van der Waals surface area contributed by atoms with Crippen molar-refractivity contribution in [2.75, 3.05) is 5.32 Å². The van der Waals surface area contributed by atoms with E-state index in [1.165, 1.54) is 0 Å². The number of pyridine rings is 2. The van der Waals surface area contributed by atoms with Crippen LogP contribution >= 0.6 is 0 Å². The lowest BCUT2D eigenvalue weighted by Gasteiger charge is -2.16. The maximum atomic E-state index is 12.4. The summed E-state index contributed by atoms with van der Waals surface area (Å²) in [4.78, 5) is 21.0. The number of aromatic nitrogens is 2. The molecule has 144 valence electrons. The molecule has 29 heavy (non-hydrogen) atoms. The lowest BCUT2D eigenvalue weighted by Crippen LogP contribution is -2.31. The molecule has 2 N–H and O–H groups in total. The predicted octanol–water partition coefficient (Wildman–Crippen LogP) is 5.49. The summed E-state index contributed by atoms with van der Waals surface area (Å²) < 4.78 is 0. The topological polar surface area (TPSA) is 66.9 Å². The van der Waals surface area contributed by atoms with Gasteiger partial charge < -0.3 is 10.6 Å². The van der Waals surface area contributed by atoms with Crippen LogP contribution in [0.15, 0.2) is 79.1 Å². The van der Waals surface area contributed by atoms with E-state index >= 15 is 0 Å². The van der Waals surface area contributed by atoms with Crippen molar-refractivity contribution >= 4 is 22.6 Å². The van der Waals surface area contributed by atoms with Crippen LogP contribution in [0.1, 0.15) is 24.2 Å². The summed E-state index contributed by atoms with van der Waals surface area (Å²) in [5.74, 6) is 0. The van der Waals surface area contributed by atoms with E-state index in [4.69, 9.17) is 0 Å². The molecule has 5 nitrogen and oxygen atoms in total. The molecule has 1 unspecified atom stereocenters. The fourth-order valence-corrected chi connectivity index (χ4v) is 3.27. The predicted molar refractivity (Wildman–Crippen MR) is 117 cm³/mol. The van der Waals surface area contributed by atoms with Gasteiger partial charge in [-0.15, -0.1) is 0 Å². The fourth-order valence-electron chi connectivity index (χ4n) is 3.27. The SMILES string of the molecule is Cc1cc(-c2ccc(NC(=O)NC(C)c3ccc4cccnc4c3)cc2)ccn1. The van der Waals surface area contributed by atoms with E-state index in [1.54, 1.807) is 12.4 Å². The molecular weight excluding hydrogens is 360 g/mol. The Morgan fingerprint density at radius 1 is 0.897 bits per heavy atom. The van der Waals surface area contributed by atoms with Gasteiger partial charge in [0, 0.05) is 29.2 Å². The first-order valence-corrected chi connectivity index (χ1v) is 9.54. The quantitative estimate of drug-likeness (QED) is 0.490. The van der Waals surface area contributed by atoms with E-state index in [1.807, 2.05) is 80.6 Å². The number of benzene rings is 2. The number of anilines is 1. The zero-order valence-corrected chi connectivity index (χ0v) is 16.4. The van der Waals surface area contributed by atoms with Crippen LogP contribution in [0, 0.1) is 6.92 Å². The minimum atomic E-state index is -0.244. The molecule has 0 bridgehead atoms. The Balaban J connectivity index is 1.41. The molecule has 0 fully saturated rings. The van der Waals surface area contributed by atoms with Crippen molar-refractivity contribution in [3.05, 3.63) is 90.4 Å². The molecule has 2 aromatic heterocycles. The second-order valence-corrected chi connectivity index (χ2v) is 7.04. The highest BCUT2D eigenvalue weighted by molar-refractivity contribution is 5.90. The molecule has 0 aliphatic carbocycles. The van der Waals surface area contributed by atoms with Crippen LogP contribution in [-0.2, 0) is 0 Å². The average Bonchev–Trinajstić information content (AvgIpc) is 2.74. The number of hydrogen-bond acceptors (Lipinski definition) is 3. The van der Waals surface area contributed by atoms with E-state index in [2.05, 4.69) is 20.6 Å². The minimum Gasteiger partial charge on any atom is -0.331 e. The number of amides is 2. The molecule has 2 aromatic carbocycles. The average molecular weight is 382 g/mol. The molecular formula is C24H22N4O. The van der Waals surface area contributed by atoms with Crippen LogP contribution in [-0.4, -0.2) is 16.0 Å². The van der Waals surface area contributed by atoms with Gasteiger partial charge in [-0.2, -0.15) is 0 Å². The van der Waals surface area contributed by atoms with Crippen LogP contribution in [0.5, 0.6) is 0 Å². The Kier molecular flexibility index (Phi) is 5.20. The van der Waals surface area contributed by atoms with Gasteiger partial charge in [0.15, 0.2) is 0 Å². The Bertz CT molecular complexity index is 1150. The van der Waals surface area contributed by atoms with Crippen LogP contribution < -0.4 is 10.6 Å². The molecule has 0 spiro atoms. The number of nitrogens with one attached hydrogen (secondary N) is 2. The van der Waals surface area contributed by atoms with Crippen molar-refractivity contribution in [2.45, 2.75) is 19.9 Å². The maximum absolute atomic E-state index is 12.4. The Labute approximate surface area is 169 Å². The van der Waals surface area contributed by atoms with Gasteiger partial charge in [-0.05, 0) is 66.9 Å². The van der Waals surface area contributed by atoms with E-state index in [0.717, 1.165) is 39.0 Å². The number of urea groups is 1. The lowest BCUT2D eigenvalue weighted by molar-refractivity contribution is 0.249. The molecule has 1 atom stereocenters. The summed E-state index contributed by atoms with van der Waals surface area (Å²) in [6, 6.07) is 21.4. The lowest BCUT2D eigenvalue weighted by atomic mass is 10.1. The minimum absolute atomic E-state index is 0.138. The van der Waals surface area contributed by atoms with Crippen molar-refractivity contribution < 1.29 is 4.79 Å². The largest absolute Gasteiger partial charge is 0.331 e. The number of carbonyl (C=O) groups excluding carboxylic acids is 1. The summed E-state index contributed by atoms with van der Waals surface area (Å²) in [5, 5.41) is 6.95. The number of fused-ring (bicyclic) bond motifs is 1. The van der Waals surface area contributed by atoms with Gasteiger partial charge in [0.2, 0.25) is 0 Å². The third-order valence-corrected chi connectivity index (χ3v) is 4.85. The van der Waals surface area contributed by atoms with Gasteiger partial charge >= 0.3 is 6.03 Å². The smallest absolute Gasteiger partial charge is 0.319 e. The summed E-state index contributed by atoms with van der Waals surface area (Å²) in [5.41, 5.74) is 5.83. The Morgan fingerprint density at radius 2 is 1.72 bits per heavy atom. The standard InChI is InChI=1S/C24H22N4O/c1-16-14-21(11-13-25-16)18-7-9-22(10-8-18)28-24(29)27-17(2)20-6-5-19-4-3-12-26-23(19)15-20/h3-15,17H,1-2H3,(H2,27,28,29). The number of hydrogen-bond donors (Lipinski definition) is 2. The third-order valence-electron chi connectivity index (χ3n) is 4.85. The van der Waals surface area contributed by atoms with Crippen LogP contribution in [0.2, 0.25) is 0 Å². The van der Waals surface area contributed by atoms with E-state index in [9.17, 15) is 4.79 Å². The number of aryl methyl sites for hydroxylation is 1. The molecule has 0 aliphatic heterocycles. The highest BCUT2D eigenvalue weighted by atomic mass is 16.2. The van der Waals surface area contributed by atoms with Crippen LogP contribution in [0.4, 0.5) is 10.5 Å². The fraction of sp³-hybridized carbons (Fsp3) is 0.125. The van der Waals surface area contributed by atoms with Gasteiger partial charge in [0.1, 0.15) is 0 Å². The van der Waals surface area contributed by atoms with Gasteiger partial charge in [-0.3, -0.25) is 9.97 Å². The van der Waals surface area contributed by atoms with Crippen molar-refractivity contribution in [1.29, 1.82) is 0 Å². The number of carbonyl (C=O) groups is 1. The summed E-state index contributed by atoms with van der Waals surface area (Å²) in [6.45, 7) is 3.93. The number of nitrogens with zero attached hydrogens (tertiary/aromatic N) is 2. The zero-order valence-electron chi connectivity index (χ0n) is 16.4. The summed E-state index contributed by atoms with van der Waals surface area (Å²) in [6.07, 6.45) is 3.57. The molecule has 4 aromatic rings. The molecule has 0 aliphatic rings. The summed E-state index contributed by atoms with van der Waals surface area (Å²) >= 11 is 0. The van der Waals surface area contributed by atoms with E-state index in [0.29, 0.717) is 0 Å². The Morgan fingerprint density at radius 3 is 2.52 bits per heavy atom. The Hall–Kier alpha value is -3.73. The van der Waals surface area contributed by atoms with Crippen LogP contribution in [0.25, 0.3) is 22.0 Å². The van der Waals surface area contributed by atoms with Crippen molar-refractivity contribution in [3.8, 4) is 11.1 Å². The second-order valence-electron chi connectivity index (χ2n) is 7.04. The van der Waals surface area contributed by atoms with E-state index in [-0.39, 0.29) is 12.1 Å². The molecule has 4 rings (SSSR count).